The number of carbonyl (C=O) groups excluding carboxylic acids is 1. The standard InChI is InChI=1S/C16H14F2O/c1-9-4-5-13(17)8-14(9)16(19)12-6-10(2)15(18)11(3)7-12/h4-8H,1-3H3. The van der Waals surface area contributed by atoms with Crippen molar-refractivity contribution in [1.82, 2.24) is 0 Å². The summed E-state index contributed by atoms with van der Waals surface area (Å²) < 4.78 is 26.8. The summed E-state index contributed by atoms with van der Waals surface area (Å²) in [6.07, 6.45) is 0. The highest BCUT2D eigenvalue weighted by atomic mass is 19.1. The van der Waals surface area contributed by atoms with E-state index in [1.54, 1.807) is 26.8 Å². The van der Waals surface area contributed by atoms with E-state index in [4.69, 9.17) is 0 Å². The van der Waals surface area contributed by atoms with Crippen molar-refractivity contribution in [2.45, 2.75) is 20.8 Å². The molecule has 0 bridgehead atoms. The Balaban J connectivity index is 2.53. The molecule has 0 amide bonds. The van der Waals surface area contributed by atoms with Crippen molar-refractivity contribution in [3.05, 3.63) is 69.8 Å². The Bertz CT molecular complexity index is 637. The molecule has 0 aliphatic rings. The summed E-state index contributed by atoms with van der Waals surface area (Å²) in [6.45, 7) is 4.96. The van der Waals surface area contributed by atoms with Crippen molar-refractivity contribution in [1.29, 1.82) is 0 Å². The first kappa shape index (κ1) is 13.4. The van der Waals surface area contributed by atoms with Crippen LogP contribution in [0.5, 0.6) is 0 Å². The number of aryl methyl sites for hydroxylation is 3. The zero-order valence-electron chi connectivity index (χ0n) is 11.1. The Morgan fingerprint density at radius 1 is 0.895 bits per heavy atom. The minimum absolute atomic E-state index is 0.289. The third-order valence-electron chi connectivity index (χ3n) is 3.14. The van der Waals surface area contributed by atoms with Crippen molar-refractivity contribution < 1.29 is 13.6 Å². The minimum Gasteiger partial charge on any atom is -0.289 e. The quantitative estimate of drug-likeness (QED) is 0.742. The Kier molecular flexibility index (Phi) is 3.47. The second-order valence-electron chi connectivity index (χ2n) is 4.71. The van der Waals surface area contributed by atoms with Crippen molar-refractivity contribution in [3.8, 4) is 0 Å². The second-order valence-corrected chi connectivity index (χ2v) is 4.71. The molecule has 1 nitrogen and oxygen atoms in total. The maximum Gasteiger partial charge on any atom is 0.193 e. The molecule has 0 unspecified atom stereocenters. The van der Waals surface area contributed by atoms with Gasteiger partial charge in [-0.15, -0.1) is 0 Å². The fraction of sp³-hybridized carbons (Fsp3) is 0.188. The van der Waals surface area contributed by atoms with Crippen LogP contribution < -0.4 is 0 Å². The third-order valence-corrected chi connectivity index (χ3v) is 3.14. The third kappa shape index (κ3) is 2.55. The lowest BCUT2D eigenvalue weighted by atomic mass is 9.96. The van der Waals surface area contributed by atoms with Crippen LogP contribution in [0.2, 0.25) is 0 Å². The molecule has 98 valence electrons. The minimum atomic E-state index is -0.454. The first-order chi connectivity index (χ1) is 8.90. The highest BCUT2D eigenvalue weighted by Crippen LogP contribution is 2.20. The van der Waals surface area contributed by atoms with Gasteiger partial charge in [0.1, 0.15) is 11.6 Å². The van der Waals surface area contributed by atoms with Gasteiger partial charge in [-0.3, -0.25) is 4.79 Å². The Morgan fingerprint density at radius 2 is 1.47 bits per heavy atom. The van der Waals surface area contributed by atoms with Crippen LogP contribution >= 0.6 is 0 Å². The van der Waals surface area contributed by atoms with Gasteiger partial charge in [0.25, 0.3) is 0 Å². The predicted octanol–water partition coefficient (Wildman–Crippen LogP) is 4.12. The number of hydrogen-bond donors (Lipinski definition) is 0. The summed E-state index contributed by atoms with van der Waals surface area (Å²) in [5.41, 5.74) is 2.22. The maximum absolute atomic E-state index is 13.5. The molecule has 2 aromatic rings. The molecule has 2 aromatic carbocycles. The topological polar surface area (TPSA) is 17.1 Å². The maximum atomic E-state index is 13.5. The summed E-state index contributed by atoms with van der Waals surface area (Å²) in [4.78, 5) is 12.3. The fourth-order valence-electron chi connectivity index (χ4n) is 2.07. The molecule has 0 radical (unpaired) electrons. The zero-order valence-corrected chi connectivity index (χ0v) is 11.1. The molecule has 0 saturated heterocycles. The molecule has 0 aliphatic heterocycles. The molecule has 0 atom stereocenters. The van der Waals surface area contributed by atoms with E-state index in [2.05, 4.69) is 0 Å². The predicted molar refractivity (Wildman–Crippen MR) is 70.4 cm³/mol. The van der Waals surface area contributed by atoms with Crippen LogP contribution in [0.3, 0.4) is 0 Å². The molecule has 0 aromatic heterocycles. The van der Waals surface area contributed by atoms with Crippen molar-refractivity contribution in [2.75, 3.05) is 0 Å². The van der Waals surface area contributed by atoms with Gasteiger partial charge >= 0.3 is 0 Å². The van der Waals surface area contributed by atoms with Crippen molar-refractivity contribution in [2.24, 2.45) is 0 Å². The molecule has 3 heteroatoms. The van der Waals surface area contributed by atoms with Gasteiger partial charge in [-0.2, -0.15) is 0 Å². The van der Waals surface area contributed by atoms with E-state index in [-0.39, 0.29) is 11.6 Å². The first-order valence-corrected chi connectivity index (χ1v) is 5.97. The molecule has 0 heterocycles. The average molecular weight is 260 g/mol. The van der Waals surface area contributed by atoms with Gasteiger partial charge in [0.2, 0.25) is 0 Å². The highest BCUT2D eigenvalue weighted by molar-refractivity contribution is 6.10. The summed E-state index contributed by atoms with van der Waals surface area (Å²) in [7, 11) is 0. The normalized spacial score (nSPS) is 10.6. The zero-order chi connectivity index (χ0) is 14.2. The van der Waals surface area contributed by atoms with Gasteiger partial charge in [0, 0.05) is 11.1 Å². The molecule has 0 aliphatic carbocycles. The second kappa shape index (κ2) is 4.92. The molecular formula is C16H14F2O. The van der Waals surface area contributed by atoms with Crippen LogP contribution in [0.15, 0.2) is 30.3 Å². The summed E-state index contributed by atoms with van der Waals surface area (Å²) >= 11 is 0. The van der Waals surface area contributed by atoms with Gasteiger partial charge in [-0.1, -0.05) is 6.07 Å². The van der Waals surface area contributed by atoms with E-state index in [9.17, 15) is 13.6 Å². The molecule has 0 spiro atoms. The van der Waals surface area contributed by atoms with Crippen molar-refractivity contribution >= 4 is 5.78 Å². The van der Waals surface area contributed by atoms with Crippen molar-refractivity contribution in [3.63, 3.8) is 0 Å². The number of rotatable bonds is 2. The highest BCUT2D eigenvalue weighted by Gasteiger charge is 2.15. The Morgan fingerprint density at radius 3 is 2.05 bits per heavy atom. The number of benzene rings is 2. The largest absolute Gasteiger partial charge is 0.289 e. The van der Waals surface area contributed by atoms with Crippen LogP contribution in [0.4, 0.5) is 8.78 Å². The number of halogens is 2. The lowest BCUT2D eigenvalue weighted by molar-refractivity contribution is 0.103. The van der Waals surface area contributed by atoms with E-state index in [1.807, 2.05) is 0 Å². The lowest BCUT2D eigenvalue weighted by Gasteiger charge is -2.08. The Hall–Kier alpha value is -2.03. The Labute approximate surface area is 110 Å². The van der Waals surface area contributed by atoms with E-state index in [1.165, 1.54) is 24.3 Å². The fourth-order valence-corrected chi connectivity index (χ4v) is 2.07. The lowest BCUT2D eigenvalue weighted by Crippen LogP contribution is -2.06. The van der Waals surface area contributed by atoms with Gasteiger partial charge in [0.05, 0.1) is 0 Å². The van der Waals surface area contributed by atoms with Crippen LogP contribution in [0, 0.1) is 32.4 Å². The van der Waals surface area contributed by atoms with Gasteiger partial charge in [0.15, 0.2) is 5.78 Å². The average Bonchev–Trinajstić information content (AvgIpc) is 2.37. The molecule has 0 fully saturated rings. The van der Waals surface area contributed by atoms with Crippen LogP contribution in [-0.2, 0) is 0 Å². The van der Waals surface area contributed by atoms with E-state index < -0.39 is 5.82 Å². The van der Waals surface area contributed by atoms with Crippen LogP contribution in [0.25, 0.3) is 0 Å². The molecular weight excluding hydrogens is 246 g/mol. The van der Waals surface area contributed by atoms with Gasteiger partial charge < -0.3 is 0 Å². The van der Waals surface area contributed by atoms with Crippen LogP contribution in [-0.4, -0.2) is 5.78 Å². The van der Waals surface area contributed by atoms with E-state index >= 15 is 0 Å². The first-order valence-electron chi connectivity index (χ1n) is 5.97. The molecule has 2 rings (SSSR count). The smallest absolute Gasteiger partial charge is 0.193 e. The number of ketones is 1. The van der Waals surface area contributed by atoms with Crippen LogP contribution in [0.1, 0.15) is 32.6 Å². The summed E-state index contributed by atoms with van der Waals surface area (Å²) in [6, 6.07) is 7.08. The molecule has 19 heavy (non-hydrogen) atoms. The van der Waals surface area contributed by atoms with Gasteiger partial charge in [-0.25, -0.2) is 8.78 Å². The monoisotopic (exact) mass is 260 g/mol. The molecule has 0 N–H and O–H groups in total. The van der Waals surface area contributed by atoms with E-state index in [0.29, 0.717) is 27.8 Å². The number of hydrogen-bond acceptors (Lipinski definition) is 1. The SMILES string of the molecule is Cc1ccc(F)cc1C(=O)c1cc(C)c(F)c(C)c1. The molecule has 0 saturated carbocycles. The summed E-state index contributed by atoms with van der Waals surface area (Å²) in [5, 5.41) is 0. The van der Waals surface area contributed by atoms with Gasteiger partial charge in [-0.05, 0) is 61.7 Å². The van der Waals surface area contributed by atoms with E-state index in [0.717, 1.165) is 0 Å². The number of carbonyl (C=O) groups is 1. The summed E-state index contributed by atoms with van der Waals surface area (Å²) in [5.74, 6) is -1.06.